The van der Waals surface area contributed by atoms with Gasteiger partial charge in [0.1, 0.15) is 11.6 Å². The minimum atomic E-state index is -4.39. The molecular weight excluding hydrogens is 545 g/mol. The third kappa shape index (κ3) is 7.60. The minimum Gasteiger partial charge on any atom is -0.480 e. The highest BCUT2D eigenvalue weighted by atomic mass is 35.5. The smallest absolute Gasteiger partial charge is 0.416 e. The van der Waals surface area contributed by atoms with Crippen molar-refractivity contribution in [3.05, 3.63) is 71.3 Å². The molecule has 2 aromatic rings. The monoisotopic (exact) mass is 580 g/mol. The SMILES string of the molecule is C=CC[C@@]1(CC(C)c2ccc(Sc3cccc(C(F)(F)F)c3)cc2Cl)N=C(OCC)[C@H](C(C)C)N=C1OCC. The second-order valence-electron chi connectivity index (χ2n) is 9.88. The van der Waals surface area contributed by atoms with Gasteiger partial charge in [0, 0.05) is 14.8 Å². The van der Waals surface area contributed by atoms with Crippen molar-refractivity contribution in [2.45, 2.75) is 80.9 Å². The molecule has 0 saturated carbocycles. The highest BCUT2D eigenvalue weighted by Gasteiger charge is 2.44. The summed E-state index contributed by atoms with van der Waals surface area (Å²) in [6, 6.07) is 10.6. The van der Waals surface area contributed by atoms with Gasteiger partial charge in [-0.25, -0.2) is 9.98 Å². The van der Waals surface area contributed by atoms with E-state index in [-0.39, 0.29) is 17.9 Å². The molecule has 0 bridgehead atoms. The lowest BCUT2D eigenvalue weighted by atomic mass is 9.81. The average molecular weight is 581 g/mol. The van der Waals surface area contributed by atoms with E-state index < -0.39 is 17.3 Å². The Labute approximate surface area is 238 Å². The Morgan fingerprint density at radius 1 is 1.08 bits per heavy atom. The number of halogens is 4. The molecule has 1 unspecified atom stereocenters. The van der Waals surface area contributed by atoms with E-state index in [1.54, 1.807) is 12.1 Å². The summed E-state index contributed by atoms with van der Waals surface area (Å²) in [5, 5.41) is 0.535. The van der Waals surface area contributed by atoms with Crippen LogP contribution >= 0.6 is 23.4 Å². The molecule has 2 aromatic carbocycles. The van der Waals surface area contributed by atoms with E-state index in [0.29, 0.717) is 47.8 Å². The van der Waals surface area contributed by atoms with E-state index >= 15 is 0 Å². The maximum Gasteiger partial charge on any atom is 0.416 e. The maximum absolute atomic E-state index is 13.1. The number of aliphatic imine (C=N–C) groups is 2. The molecule has 1 heterocycles. The van der Waals surface area contributed by atoms with Crippen LogP contribution in [0, 0.1) is 5.92 Å². The first-order valence-electron chi connectivity index (χ1n) is 13.1. The van der Waals surface area contributed by atoms with E-state index in [1.165, 1.54) is 17.8 Å². The van der Waals surface area contributed by atoms with Crippen LogP contribution in [0.1, 0.15) is 64.5 Å². The summed E-state index contributed by atoms with van der Waals surface area (Å²) in [4.78, 5) is 11.3. The van der Waals surface area contributed by atoms with Gasteiger partial charge in [0.15, 0.2) is 0 Å². The maximum atomic E-state index is 13.1. The Bertz CT molecular complexity index is 1210. The molecule has 39 heavy (non-hydrogen) atoms. The van der Waals surface area contributed by atoms with E-state index in [1.807, 2.05) is 32.1 Å². The Hall–Kier alpha value is -2.45. The van der Waals surface area contributed by atoms with Crippen LogP contribution < -0.4 is 0 Å². The predicted octanol–water partition coefficient (Wildman–Crippen LogP) is 9.23. The number of hydrogen-bond acceptors (Lipinski definition) is 5. The molecular formula is C30H36ClF3N2O2S. The van der Waals surface area contributed by atoms with Crippen LogP contribution in [-0.2, 0) is 15.7 Å². The summed E-state index contributed by atoms with van der Waals surface area (Å²) in [6.07, 6.45) is -1.50. The van der Waals surface area contributed by atoms with Gasteiger partial charge in [-0.15, -0.1) is 6.58 Å². The largest absolute Gasteiger partial charge is 0.480 e. The molecule has 9 heteroatoms. The Morgan fingerprint density at radius 2 is 1.77 bits per heavy atom. The number of benzene rings is 2. The molecule has 3 atom stereocenters. The van der Waals surface area contributed by atoms with Crippen LogP contribution in [0.25, 0.3) is 0 Å². The van der Waals surface area contributed by atoms with Gasteiger partial charge in [-0.3, -0.25) is 0 Å². The molecule has 4 nitrogen and oxygen atoms in total. The van der Waals surface area contributed by atoms with E-state index in [9.17, 15) is 13.2 Å². The van der Waals surface area contributed by atoms with Crippen molar-refractivity contribution in [2.24, 2.45) is 15.9 Å². The molecule has 0 aliphatic carbocycles. The van der Waals surface area contributed by atoms with Crippen molar-refractivity contribution in [3.63, 3.8) is 0 Å². The first-order chi connectivity index (χ1) is 18.4. The summed E-state index contributed by atoms with van der Waals surface area (Å²) >= 11 is 7.98. The lowest BCUT2D eigenvalue weighted by Crippen LogP contribution is -2.47. The molecule has 0 aromatic heterocycles. The van der Waals surface area contributed by atoms with Crippen LogP contribution in [0.15, 0.2) is 74.9 Å². The zero-order valence-electron chi connectivity index (χ0n) is 23.0. The molecule has 0 N–H and O–H groups in total. The van der Waals surface area contributed by atoms with Crippen molar-refractivity contribution in [1.29, 1.82) is 0 Å². The highest BCUT2D eigenvalue weighted by Crippen LogP contribution is 2.41. The van der Waals surface area contributed by atoms with Gasteiger partial charge < -0.3 is 9.47 Å². The zero-order chi connectivity index (χ0) is 28.8. The molecule has 0 spiro atoms. The Balaban J connectivity index is 1.91. The molecule has 3 rings (SSSR count). The van der Waals surface area contributed by atoms with Crippen LogP contribution in [0.3, 0.4) is 0 Å². The van der Waals surface area contributed by atoms with Crippen molar-refractivity contribution in [2.75, 3.05) is 13.2 Å². The van der Waals surface area contributed by atoms with Crippen molar-refractivity contribution >= 4 is 35.2 Å². The first-order valence-corrected chi connectivity index (χ1v) is 14.3. The third-order valence-electron chi connectivity index (χ3n) is 6.46. The van der Waals surface area contributed by atoms with E-state index in [0.717, 1.165) is 22.6 Å². The molecule has 212 valence electrons. The van der Waals surface area contributed by atoms with Gasteiger partial charge in [0.2, 0.25) is 11.8 Å². The lowest BCUT2D eigenvalue weighted by molar-refractivity contribution is -0.137. The second-order valence-corrected chi connectivity index (χ2v) is 11.4. The van der Waals surface area contributed by atoms with Crippen LogP contribution in [0.2, 0.25) is 5.02 Å². The summed E-state index contributed by atoms with van der Waals surface area (Å²) in [5.41, 5.74) is -0.562. The zero-order valence-corrected chi connectivity index (χ0v) is 24.6. The number of nitrogens with zero attached hydrogens (tertiary/aromatic N) is 2. The van der Waals surface area contributed by atoms with Gasteiger partial charge >= 0.3 is 6.18 Å². The number of rotatable bonds is 10. The second kappa shape index (κ2) is 13.3. The molecule has 0 amide bonds. The third-order valence-corrected chi connectivity index (χ3v) is 7.77. The van der Waals surface area contributed by atoms with Gasteiger partial charge in [0.05, 0.1) is 18.8 Å². The summed E-state index contributed by atoms with van der Waals surface area (Å²) in [5.74, 6) is 1.31. The quantitative estimate of drug-likeness (QED) is 0.263. The van der Waals surface area contributed by atoms with Gasteiger partial charge in [-0.05, 0) is 74.4 Å². The summed E-state index contributed by atoms with van der Waals surface area (Å²) < 4.78 is 51.4. The molecule has 0 saturated heterocycles. The van der Waals surface area contributed by atoms with Gasteiger partial charge in [-0.2, -0.15) is 13.2 Å². The molecule has 1 aliphatic heterocycles. The first kappa shape index (κ1) is 31.1. The number of ether oxygens (including phenoxy) is 2. The van der Waals surface area contributed by atoms with Crippen LogP contribution in [0.4, 0.5) is 13.2 Å². The fraction of sp³-hybridized carbons (Fsp3) is 0.467. The fourth-order valence-electron chi connectivity index (χ4n) is 4.68. The normalized spacial score (nSPS) is 20.3. The van der Waals surface area contributed by atoms with E-state index in [4.69, 9.17) is 31.1 Å². The number of alkyl halides is 3. The minimum absolute atomic E-state index is 0.0436. The average Bonchev–Trinajstić information content (AvgIpc) is 2.85. The Kier molecular flexibility index (Phi) is 10.6. The summed E-state index contributed by atoms with van der Waals surface area (Å²) in [6.45, 7) is 15.0. The van der Waals surface area contributed by atoms with Crippen molar-refractivity contribution < 1.29 is 22.6 Å². The van der Waals surface area contributed by atoms with E-state index in [2.05, 4.69) is 27.4 Å². The van der Waals surface area contributed by atoms with Gasteiger partial charge in [0.25, 0.3) is 0 Å². The van der Waals surface area contributed by atoms with Gasteiger partial charge in [-0.1, -0.05) is 62.3 Å². The summed E-state index contributed by atoms with van der Waals surface area (Å²) in [7, 11) is 0. The Morgan fingerprint density at radius 3 is 2.36 bits per heavy atom. The predicted molar refractivity (Wildman–Crippen MR) is 154 cm³/mol. The van der Waals surface area contributed by atoms with Crippen LogP contribution in [-0.4, -0.2) is 36.6 Å². The standard InChI is InChI=1S/C30H36ClF3N2O2S/c1-7-15-29(28(38-9-3)35-26(19(4)5)27(36-29)37-8-2)18-20(6)24-14-13-23(17-25(24)31)39-22-12-10-11-21(16-22)30(32,33)34/h7,10-14,16-17,19-20,26H,1,8-9,15,18H2,2-6H3/t20?,26-,29-/m0/s1. The van der Waals surface area contributed by atoms with Crippen molar-refractivity contribution in [1.82, 2.24) is 0 Å². The lowest BCUT2D eigenvalue weighted by Gasteiger charge is -2.38. The molecule has 0 fully saturated rings. The fourth-order valence-corrected chi connectivity index (χ4v) is 6.03. The molecule has 0 radical (unpaired) electrons. The van der Waals surface area contributed by atoms with Crippen molar-refractivity contribution in [3.8, 4) is 0 Å². The van der Waals surface area contributed by atoms with Crippen LogP contribution in [0.5, 0.6) is 0 Å². The topological polar surface area (TPSA) is 43.2 Å². The highest BCUT2D eigenvalue weighted by molar-refractivity contribution is 7.99. The molecule has 1 aliphatic rings. The number of hydrogen-bond donors (Lipinski definition) is 0.